The molecule has 0 unspecified atom stereocenters. The molecular formula is C20H26N4O4. The lowest BCUT2D eigenvalue weighted by Gasteiger charge is -2.10. The maximum absolute atomic E-state index is 12.9. The molecule has 0 radical (unpaired) electrons. The third-order valence-corrected chi connectivity index (χ3v) is 4.46. The Morgan fingerprint density at radius 2 is 2.07 bits per heavy atom. The fraction of sp³-hybridized carbons (Fsp3) is 0.450. The van der Waals surface area contributed by atoms with Crippen molar-refractivity contribution >= 4 is 22.3 Å². The van der Waals surface area contributed by atoms with Crippen LogP contribution in [0.2, 0.25) is 0 Å². The number of hydrogen-bond donors (Lipinski definition) is 1. The molecule has 2 aromatic heterocycles. The number of ether oxygens (including phenoxy) is 2. The van der Waals surface area contributed by atoms with E-state index in [1.54, 1.807) is 17.6 Å². The monoisotopic (exact) mass is 386 g/mol. The maximum Gasteiger partial charge on any atom is 0.291 e. The SMILES string of the molecule is COc1cccc2c1cc1c(=O)n(CC(=O)NCCCOC(C)C)nc(C)n12. The number of nitrogens with zero attached hydrogens (tertiary/aromatic N) is 3. The van der Waals surface area contributed by atoms with Crippen molar-refractivity contribution in [1.82, 2.24) is 19.5 Å². The molecule has 28 heavy (non-hydrogen) atoms. The molecule has 0 saturated carbocycles. The number of hydrogen-bond acceptors (Lipinski definition) is 5. The molecule has 0 fully saturated rings. The first kappa shape index (κ1) is 19.9. The van der Waals surface area contributed by atoms with Crippen molar-refractivity contribution in [3.63, 3.8) is 0 Å². The Balaban J connectivity index is 1.81. The number of carbonyl (C=O) groups excluding carboxylic acids is 1. The van der Waals surface area contributed by atoms with Crippen LogP contribution in [0.1, 0.15) is 26.1 Å². The van der Waals surface area contributed by atoms with E-state index in [0.717, 1.165) is 10.9 Å². The molecule has 1 N–H and O–H groups in total. The predicted molar refractivity (Wildman–Crippen MR) is 107 cm³/mol. The van der Waals surface area contributed by atoms with Crippen molar-refractivity contribution < 1.29 is 14.3 Å². The smallest absolute Gasteiger partial charge is 0.291 e. The molecular weight excluding hydrogens is 360 g/mol. The largest absolute Gasteiger partial charge is 0.496 e. The lowest BCUT2D eigenvalue weighted by molar-refractivity contribution is -0.121. The predicted octanol–water partition coefficient (Wildman–Crippen LogP) is 1.90. The van der Waals surface area contributed by atoms with Crippen LogP contribution in [0.5, 0.6) is 5.75 Å². The van der Waals surface area contributed by atoms with Gasteiger partial charge in [0.1, 0.15) is 23.6 Å². The van der Waals surface area contributed by atoms with Gasteiger partial charge in [-0.2, -0.15) is 5.10 Å². The summed E-state index contributed by atoms with van der Waals surface area (Å²) in [4.78, 5) is 25.1. The van der Waals surface area contributed by atoms with Crippen LogP contribution in [-0.2, 0) is 16.1 Å². The average molecular weight is 386 g/mol. The van der Waals surface area contributed by atoms with E-state index in [4.69, 9.17) is 9.47 Å². The highest BCUT2D eigenvalue weighted by Crippen LogP contribution is 2.28. The van der Waals surface area contributed by atoms with Gasteiger partial charge in [0.05, 0.1) is 18.7 Å². The quantitative estimate of drug-likeness (QED) is 0.598. The van der Waals surface area contributed by atoms with Crippen LogP contribution < -0.4 is 15.6 Å². The van der Waals surface area contributed by atoms with Crippen molar-refractivity contribution in [1.29, 1.82) is 0 Å². The maximum atomic E-state index is 12.9. The molecule has 8 heteroatoms. The fourth-order valence-corrected chi connectivity index (χ4v) is 3.20. The molecule has 150 valence electrons. The van der Waals surface area contributed by atoms with Gasteiger partial charge in [0.25, 0.3) is 5.56 Å². The first-order valence-corrected chi connectivity index (χ1v) is 9.36. The number of benzene rings is 1. The summed E-state index contributed by atoms with van der Waals surface area (Å²) in [6.07, 6.45) is 0.887. The number of amides is 1. The Morgan fingerprint density at radius 1 is 1.29 bits per heavy atom. The van der Waals surface area contributed by atoms with Crippen LogP contribution in [0, 0.1) is 6.92 Å². The molecule has 8 nitrogen and oxygen atoms in total. The van der Waals surface area contributed by atoms with Gasteiger partial charge in [-0.3, -0.25) is 14.0 Å². The number of aryl methyl sites for hydroxylation is 1. The van der Waals surface area contributed by atoms with E-state index in [1.165, 1.54) is 4.68 Å². The topological polar surface area (TPSA) is 86.9 Å². The van der Waals surface area contributed by atoms with Crippen molar-refractivity contribution in [3.8, 4) is 5.75 Å². The van der Waals surface area contributed by atoms with Gasteiger partial charge < -0.3 is 14.8 Å². The Labute approximate surface area is 163 Å². The van der Waals surface area contributed by atoms with Crippen molar-refractivity contribution in [3.05, 3.63) is 40.4 Å². The Kier molecular flexibility index (Phi) is 5.99. The van der Waals surface area contributed by atoms with Gasteiger partial charge in [-0.25, -0.2) is 4.68 Å². The second kappa shape index (κ2) is 8.43. The third-order valence-electron chi connectivity index (χ3n) is 4.46. The normalized spacial score (nSPS) is 11.5. The second-order valence-corrected chi connectivity index (χ2v) is 6.89. The van der Waals surface area contributed by atoms with E-state index in [9.17, 15) is 9.59 Å². The summed E-state index contributed by atoms with van der Waals surface area (Å²) in [5, 5.41) is 7.96. The van der Waals surface area contributed by atoms with E-state index in [1.807, 2.05) is 39.0 Å². The lowest BCUT2D eigenvalue weighted by atomic mass is 10.2. The zero-order valence-corrected chi connectivity index (χ0v) is 16.7. The zero-order chi connectivity index (χ0) is 20.3. The number of fused-ring (bicyclic) bond motifs is 3. The summed E-state index contributed by atoms with van der Waals surface area (Å²) in [6, 6.07) is 7.41. The highest BCUT2D eigenvalue weighted by molar-refractivity contribution is 5.92. The van der Waals surface area contributed by atoms with Crippen molar-refractivity contribution in [2.45, 2.75) is 39.8 Å². The molecule has 2 heterocycles. The van der Waals surface area contributed by atoms with Crippen LogP contribution in [-0.4, -0.2) is 46.5 Å². The van der Waals surface area contributed by atoms with Gasteiger partial charge in [-0.05, 0) is 45.4 Å². The van der Waals surface area contributed by atoms with Gasteiger partial charge in [0, 0.05) is 18.5 Å². The molecule has 0 atom stereocenters. The summed E-state index contributed by atoms with van der Waals surface area (Å²) >= 11 is 0. The molecule has 1 amide bonds. The standard InChI is InChI=1S/C20H26N4O4/c1-13(2)28-10-6-9-21-19(25)12-23-20(26)17-11-15-16(24(17)14(3)22-23)7-5-8-18(15)27-4/h5,7-8,11,13H,6,9-10,12H2,1-4H3,(H,21,25). The molecule has 0 aliphatic carbocycles. The van der Waals surface area contributed by atoms with Crippen molar-refractivity contribution in [2.24, 2.45) is 0 Å². The van der Waals surface area contributed by atoms with E-state index in [-0.39, 0.29) is 24.1 Å². The lowest BCUT2D eigenvalue weighted by Crippen LogP contribution is -2.35. The summed E-state index contributed by atoms with van der Waals surface area (Å²) < 4.78 is 13.8. The summed E-state index contributed by atoms with van der Waals surface area (Å²) in [6.45, 7) is 6.70. The Hall–Kier alpha value is -2.87. The first-order chi connectivity index (χ1) is 13.4. The van der Waals surface area contributed by atoms with Crippen molar-refractivity contribution in [2.75, 3.05) is 20.3 Å². The highest BCUT2D eigenvalue weighted by Gasteiger charge is 2.15. The van der Waals surface area contributed by atoms with Gasteiger partial charge in [0.2, 0.25) is 5.91 Å². The van der Waals surface area contributed by atoms with Crippen LogP contribution >= 0.6 is 0 Å². The molecule has 0 saturated heterocycles. The van der Waals surface area contributed by atoms with Gasteiger partial charge in [0.15, 0.2) is 0 Å². The number of methoxy groups -OCH3 is 1. The Bertz CT molecular complexity index is 1050. The average Bonchev–Trinajstić information content (AvgIpc) is 3.05. The number of aromatic nitrogens is 3. The summed E-state index contributed by atoms with van der Waals surface area (Å²) in [5.74, 6) is 1.06. The van der Waals surface area contributed by atoms with Gasteiger partial charge in [-0.15, -0.1) is 0 Å². The molecule has 0 aliphatic heterocycles. The highest BCUT2D eigenvalue weighted by atomic mass is 16.5. The number of rotatable bonds is 8. The molecule has 3 aromatic rings. The zero-order valence-electron chi connectivity index (χ0n) is 16.7. The van der Waals surface area contributed by atoms with E-state index in [0.29, 0.717) is 36.7 Å². The van der Waals surface area contributed by atoms with E-state index in [2.05, 4.69) is 10.4 Å². The summed E-state index contributed by atoms with van der Waals surface area (Å²) in [5.41, 5.74) is 0.991. The third kappa shape index (κ3) is 4.01. The van der Waals surface area contributed by atoms with Crippen LogP contribution in [0.25, 0.3) is 16.4 Å². The number of carbonyl (C=O) groups is 1. The van der Waals surface area contributed by atoms with Crippen LogP contribution in [0.15, 0.2) is 29.1 Å². The van der Waals surface area contributed by atoms with E-state index >= 15 is 0 Å². The van der Waals surface area contributed by atoms with Gasteiger partial charge >= 0.3 is 0 Å². The summed E-state index contributed by atoms with van der Waals surface area (Å²) in [7, 11) is 1.59. The fourth-order valence-electron chi connectivity index (χ4n) is 3.20. The molecule has 3 rings (SSSR count). The minimum Gasteiger partial charge on any atom is -0.496 e. The molecule has 0 aliphatic rings. The minimum atomic E-state index is -0.317. The second-order valence-electron chi connectivity index (χ2n) is 6.89. The van der Waals surface area contributed by atoms with Crippen LogP contribution in [0.4, 0.5) is 0 Å². The molecule has 1 aromatic carbocycles. The first-order valence-electron chi connectivity index (χ1n) is 9.36. The number of nitrogens with one attached hydrogen (secondary N) is 1. The van der Waals surface area contributed by atoms with Crippen LogP contribution in [0.3, 0.4) is 0 Å². The van der Waals surface area contributed by atoms with E-state index < -0.39 is 0 Å². The minimum absolute atomic E-state index is 0.125. The van der Waals surface area contributed by atoms with Gasteiger partial charge in [-0.1, -0.05) is 6.07 Å². The molecule has 0 bridgehead atoms. The Morgan fingerprint density at radius 3 is 2.79 bits per heavy atom. The molecule has 0 spiro atoms.